The summed E-state index contributed by atoms with van der Waals surface area (Å²) in [5, 5.41) is 8.68. The fraction of sp³-hybridized carbons (Fsp3) is 0.261. The van der Waals surface area contributed by atoms with E-state index in [2.05, 4.69) is 18.3 Å². The van der Waals surface area contributed by atoms with Crippen molar-refractivity contribution in [2.45, 2.75) is 39.8 Å². The summed E-state index contributed by atoms with van der Waals surface area (Å²) in [5.74, 6) is 0.525. The smallest absolute Gasteiger partial charge is 0.220 e. The maximum Gasteiger partial charge on any atom is 0.220 e. The lowest BCUT2D eigenvalue weighted by molar-refractivity contribution is -0.121. The Morgan fingerprint density at radius 3 is 2.60 bits per heavy atom. The van der Waals surface area contributed by atoms with Crippen LogP contribution in [0.15, 0.2) is 54.9 Å². The molecule has 1 aromatic carbocycles. The first-order valence-electron chi connectivity index (χ1n) is 10.0. The number of benzene rings is 1. The second-order valence-corrected chi connectivity index (χ2v) is 7.42. The Morgan fingerprint density at radius 2 is 1.87 bits per heavy atom. The molecule has 7 heteroatoms. The first-order valence-corrected chi connectivity index (χ1v) is 10.0. The van der Waals surface area contributed by atoms with Gasteiger partial charge in [0.25, 0.3) is 0 Å². The molecule has 1 N–H and O–H groups in total. The highest BCUT2D eigenvalue weighted by atomic mass is 19.1. The summed E-state index contributed by atoms with van der Waals surface area (Å²) in [7, 11) is 0. The lowest BCUT2D eigenvalue weighted by Gasteiger charge is -2.06. The van der Waals surface area contributed by atoms with E-state index in [1.807, 2.05) is 40.7 Å². The number of pyridine rings is 1. The fourth-order valence-corrected chi connectivity index (χ4v) is 3.58. The molecule has 0 saturated carbocycles. The molecule has 0 aliphatic carbocycles. The molecule has 4 aromatic rings. The number of fused-ring (bicyclic) bond motifs is 1. The van der Waals surface area contributed by atoms with E-state index in [1.165, 1.54) is 12.1 Å². The summed E-state index contributed by atoms with van der Waals surface area (Å²) < 4.78 is 16.8. The van der Waals surface area contributed by atoms with Crippen molar-refractivity contribution >= 4 is 16.9 Å². The van der Waals surface area contributed by atoms with Crippen LogP contribution in [0.4, 0.5) is 4.39 Å². The maximum absolute atomic E-state index is 13.0. The van der Waals surface area contributed by atoms with Crippen molar-refractivity contribution in [1.82, 2.24) is 24.6 Å². The third-order valence-corrected chi connectivity index (χ3v) is 5.03. The number of nitrogens with zero attached hydrogens (tertiary/aromatic N) is 4. The quantitative estimate of drug-likeness (QED) is 0.504. The van der Waals surface area contributed by atoms with E-state index in [9.17, 15) is 9.18 Å². The summed E-state index contributed by atoms with van der Waals surface area (Å²) in [4.78, 5) is 16.9. The molecule has 4 rings (SSSR count). The van der Waals surface area contributed by atoms with Gasteiger partial charge in [-0.3, -0.25) is 4.79 Å². The Labute approximate surface area is 174 Å². The molecule has 3 heterocycles. The van der Waals surface area contributed by atoms with Crippen LogP contribution in [0, 0.1) is 19.7 Å². The van der Waals surface area contributed by atoms with E-state index in [-0.39, 0.29) is 11.7 Å². The van der Waals surface area contributed by atoms with Crippen LogP contribution in [0.1, 0.15) is 29.7 Å². The van der Waals surface area contributed by atoms with E-state index in [0.29, 0.717) is 25.9 Å². The monoisotopic (exact) mass is 405 g/mol. The van der Waals surface area contributed by atoms with E-state index in [1.54, 1.807) is 12.1 Å². The molecule has 0 aliphatic rings. The van der Waals surface area contributed by atoms with Gasteiger partial charge < -0.3 is 9.88 Å². The molecular formula is C23H24FN5O. The van der Waals surface area contributed by atoms with Crippen molar-refractivity contribution < 1.29 is 9.18 Å². The molecule has 1 amide bonds. The minimum Gasteiger partial charge on any atom is -0.352 e. The van der Waals surface area contributed by atoms with Crippen molar-refractivity contribution in [2.75, 3.05) is 0 Å². The van der Waals surface area contributed by atoms with Gasteiger partial charge in [0.1, 0.15) is 5.82 Å². The molecule has 0 spiro atoms. The number of carbonyl (C=O) groups is 1. The normalized spacial score (nSPS) is 11.2. The van der Waals surface area contributed by atoms with Gasteiger partial charge in [0, 0.05) is 37.6 Å². The van der Waals surface area contributed by atoms with Crippen molar-refractivity contribution in [3.63, 3.8) is 0 Å². The van der Waals surface area contributed by atoms with Crippen molar-refractivity contribution in [3.05, 3.63) is 77.5 Å². The second kappa shape index (κ2) is 8.49. The average molecular weight is 405 g/mol. The van der Waals surface area contributed by atoms with E-state index < -0.39 is 0 Å². The van der Waals surface area contributed by atoms with Crippen LogP contribution >= 0.6 is 0 Å². The number of hydrogen-bond donors (Lipinski definition) is 1. The van der Waals surface area contributed by atoms with Gasteiger partial charge in [-0.05, 0) is 61.7 Å². The predicted octanol–water partition coefficient (Wildman–Crippen LogP) is 4.07. The molecule has 0 bridgehead atoms. The Kier molecular flexibility index (Phi) is 5.61. The fourth-order valence-electron chi connectivity index (χ4n) is 3.58. The van der Waals surface area contributed by atoms with Crippen molar-refractivity contribution in [3.8, 4) is 5.82 Å². The number of nitrogens with one attached hydrogen (secondary N) is 1. The summed E-state index contributed by atoms with van der Waals surface area (Å²) in [6.07, 6.45) is 4.96. The third kappa shape index (κ3) is 4.25. The average Bonchev–Trinajstić information content (AvgIpc) is 3.36. The highest BCUT2D eigenvalue weighted by molar-refractivity contribution is 5.87. The minimum absolute atomic E-state index is 0.0401. The highest BCUT2D eigenvalue weighted by Crippen LogP contribution is 2.25. The SMILES string of the molecule is Cc1cc(C)c2c(-n3cccc3)nn(CCCC(=O)NCc3ccc(F)cc3)c2n1. The van der Waals surface area contributed by atoms with Gasteiger partial charge in [-0.15, -0.1) is 0 Å². The first kappa shape index (κ1) is 19.8. The summed E-state index contributed by atoms with van der Waals surface area (Å²) in [5.41, 5.74) is 3.78. The van der Waals surface area contributed by atoms with Gasteiger partial charge >= 0.3 is 0 Å². The minimum atomic E-state index is -0.283. The van der Waals surface area contributed by atoms with Gasteiger partial charge in [-0.2, -0.15) is 5.10 Å². The summed E-state index contributed by atoms with van der Waals surface area (Å²) >= 11 is 0. The molecule has 3 aromatic heterocycles. The van der Waals surface area contributed by atoms with Crippen LogP contribution in [-0.2, 0) is 17.9 Å². The maximum atomic E-state index is 13.0. The Bertz CT molecular complexity index is 1160. The topological polar surface area (TPSA) is 64.7 Å². The standard InChI is InChI=1S/C23H24FN5O/c1-16-14-17(2)26-22-21(16)23(28-11-3-4-12-28)27-29(22)13-5-6-20(30)25-15-18-7-9-19(24)10-8-18/h3-4,7-12,14H,5-6,13,15H2,1-2H3,(H,25,30). The first-order chi connectivity index (χ1) is 14.5. The number of carbonyl (C=O) groups excluding carboxylic acids is 1. The van der Waals surface area contributed by atoms with E-state index in [4.69, 9.17) is 10.1 Å². The lowest BCUT2D eigenvalue weighted by Crippen LogP contribution is -2.22. The molecular weight excluding hydrogens is 381 g/mol. The molecule has 0 saturated heterocycles. The van der Waals surface area contributed by atoms with Crippen LogP contribution in [-0.4, -0.2) is 25.2 Å². The third-order valence-electron chi connectivity index (χ3n) is 5.03. The number of amides is 1. The van der Waals surface area contributed by atoms with E-state index in [0.717, 1.165) is 33.7 Å². The lowest BCUT2D eigenvalue weighted by atomic mass is 10.2. The van der Waals surface area contributed by atoms with Gasteiger partial charge in [-0.25, -0.2) is 14.1 Å². The highest BCUT2D eigenvalue weighted by Gasteiger charge is 2.16. The number of halogens is 1. The molecule has 0 unspecified atom stereocenters. The Balaban J connectivity index is 1.44. The van der Waals surface area contributed by atoms with Crippen LogP contribution < -0.4 is 5.32 Å². The summed E-state index contributed by atoms with van der Waals surface area (Å²) in [6.45, 7) is 5.03. The molecule has 0 atom stereocenters. The zero-order valence-electron chi connectivity index (χ0n) is 17.1. The van der Waals surface area contributed by atoms with E-state index >= 15 is 0 Å². The zero-order valence-corrected chi connectivity index (χ0v) is 17.1. The number of aromatic nitrogens is 4. The van der Waals surface area contributed by atoms with Crippen LogP contribution in [0.25, 0.3) is 16.9 Å². The Morgan fingerprint density at radius 1 is 1.13 bits per heavy atom. The largest absolute Gasteiger partial charge is 0.352 e. The second-order valence-electron chi connectivity index (χ2n) is 7.42. The van der Waals surface area contributed by atoms with Gasteiger partial charge in [0.05, 0.1) is 5.39 Å². The molecule has 0 fully saturated rings. The van der Waals surface area contributed by atoms with Crippen LogP contribution in [0.2, 0.25) is 0 Å². The predicted molar refractivity (Wildman–Crippen MR) is 114 cm³/mol. The number of hydrogen-bond acceptors (Lipinski definition) is 3. The van der Waals surface area contributed by atoms with Crippen molar-refractivity contribution in [1.29, 1.82) is 0 Å². The van der Waals surface area contributed by atoms with Gasteiger partial charge in [0.2, 0.25) is 5.91 Å². The van der Waals surface area contributed by atoms with Crippen LogP contribution in [0.5, 0.6) is 0 Å². The van der Waals surface area contributed by atoms with Crippen molar-refractivity contribution in [2.24, 2.45) is 0 Å². The molecule has 30 heavy (non-hydrogen) atoms. The number of rotatable bonds is 7. The molecule has 0 aliphatic heterocycles. The molecule has 6 nitrogen and oxygen atoms in total. The number of aryl methyl sites for hydroxylation is 3. The molecule has 154 valence electrons. The summed E-state index contributed by atoms with van der Waals surface area (Å²) in [6, 6.07) is 12.1. The zero-order chi connectivity index (χ0) is 21.1. The van der Waals surface area contributed by atoms with Crippen LogP contribution in [0.3, 0.4) is 0 Å². The Hall–Kier alpha value is -3.48. The van der Waals surface area contributed by atoms with Gasteiger partial charge in [0.15, 0.2) is 11.5 Å². The molecule has 0 radical (unpaired) electrons. The van der Waals surface area contributed by atoms with Gasteiger partial charge in [-0.1, -0.05) is 12.1 Å².